The zero-order valence-electron chi connectivity index (χ0n) is 13.3. The lowest BCUT2D eigenvalue weighted by Crippen LogP contribution is -2.41. The quantitative estimate of drug-likeness (QED) is 0.667. The Kier molecular flexibility index (Phi) is 3.99. The normalized spacial score (nSPS) is 19.4. The summed E-state index contributed by atoms with van der Waals surface area (Å²) in [5.41, 5.74) is 0.162. The van der Waals surface area contributed by atoms with Crippen molar-refractivity contribution in [1.29, 1.82) is 0 Å². The van der Waals surface area contributed by atoms with Gasteiger partial charge in [-0.25, -0.2) is 9.78 Å². The number of nitrogens with zero attached hydrogens (tertiary/aromatic N) is 1. The summed E-state index contributed by atoms with van der Waals surface area (Å²) in [6.07, 6.45) is 1.64. The molecule has 0 aliphatic carbocycles. The maximum Gasteiger partial charge on any atom is 0.496 e. The molecule has 0 radical (unpaired) electrons. The van der Waals surface area contributed by atoms with Gasteiger partial charge in [0.05, 0.1) is 18.3 Å². The van der Waals surface area contributed by atoms with Crippen LogP contribution in [0.25, 0.3) is 0 Å². The summed E-state index contributed by atoms with van der Waals surface area (Å²) in [7, 11) is 2.48. The number of pyridine rings is 1. The van der Waals surface area contributed by atoms with E-state index in [2.05, 4.69) is 10.3 Å². The molecule has 2 rings (SSSR count). The number of carbonyl (C=O) groups excluding carboxylic acids is 1. The summed E-state index contributed by atoms with van der Waals surface area (Å²) in [6.45, 7) is 7.90. The standard InChI is InChI=1S/C14H21BN2O4/c1-13(2)14(3,4)21-15(20-13)9-7-10(12(18)19-6)11(16-5)17-8-9/h7-8H,1-6H3,(H,16,17). The summed E-state index contributed by atoms with van der Waals surface area (Å²) >= 11 is 0. The summed E-state index contributed by atoms with van der Waals surface area (Å²) < 4.78 is 16.7. The Labute approximate surface area is 125 Å². The van der Waals surface area contributed by atoms with Gasteiger partial charge in [-0.15, -0.1) is 0 Å². The number of ether oxygens (including phenoxy) is 1. The van der Waals surface area contributed by atoms with Gasteiger partial charge in [0.1, 0.15) is 11.4 Å². The average molecular weight is 292 g/mol. The summed E-state index contributed by atoms with van der Waals surface area (Å²) in [6, 6.07) is 1.69. The van der Waals surface area contributed by atoms with Crippen molar-refractivity contribution in [3.05, 3.63) is 17.8 Å². The van der Waals surface area contributed by atoms with Crippen molar-refractivity contribution in [2.24, 2.45) is 0 Å². The highest BCUT2D eigenvalue weighted by atomic mass is 16.7. The fourth-order valence-corrected chi connectivity index (χ4v) is 2.05. The molecule has 6 nitrogen and oxygen atoms in total. The Morgan fingerprint density at radius 2 is 1.86 bits per heavy atom. The lowest BCUT2D eigenvalue weighted by molar-refractivity contribution is 0.00578. The molecule has 1 aliphatic heterocycles. The number of esters is 1. The van der Waals surface area contributed by atoms with Gasteiger partial charge in [-0.05, 0) is 33.8 Å². The molecule has 1 fully saturated rings. The Morgan fingerprint density at radius 1 is 1.29 bits per heavy atom. The molecule has 0 bridgehead atoms. The topological polar surface area (TPSA) is 69.7 Å². The molecule has 1 aromatic heterocycles. The van der Waals surface area contributed by atoms with Gasteiger partial charge in [-0.3, -0.25) is 0 Å². The van der Waals surface area contributed by atoms with Crippen molar-refractivity contribution >= 4 is 24.4 Å². The van der Waals surface area contributed by atoms with Crippen LogP contribution in [0.15, 0.2) is 12.3 Å². The largest absolute Gasteiger partial charge is 0.496 e. The van der Waals surface area contributed by atoms with Gasteiger partial charge < -0.3 is 19.4 Å². The second-order valence-corrected chi connectivity index (χ2v) is 5.99. The molecule has 1 aliphatic rings. The first-order valence-corrected chi connectivity index (χ1v) is 6.83. The summed E-state index contributed by atoms with van der Waals surface area (Å²) in [5, 5.41) is 2.87. The van der Waals surface area contributed by atoms with Crippen LogP contribution < -0.4 is 10.8 Å². The van der Waals surface area contributed by atoms with Crippen LogP contribution in [0.5, 0.6) is 0 Å². The third kappa shape index (κ3) is 2.75. The zero-order chi connectivity index (χ0) is 15.8. The SMILES string of the molecule is CNc1ncc(B2OC(C)(C)C(C)(C)O2)cc1C(=O)OC. The van der Waals surface area contributed by atoms with E-state index in [-0.39, 0.29) is 0 Å². The van der Waals surface area contributed by atoms with Crippen molar-refractivity contribution in [3.8, 4) is 0 Å². The van der Waals surface area contributed by atoms with E-state index in [4.69, 9.17) is 14.0 Å². The van der Waals surface area contributed by atoms with Gasteiger partial charge in [-0.1, -0.05) is 0 Å². The molecule has 0 atom stereocenters. The van der Waals surface area contributed by atoms with Crippen LogP contribution in [0.4, 0.5) is 5.82 Å². The van der Waals surface area contributed by atoms with Crippen LogP contribution in [0.1, 0.15) is 38.1 Å². The molecule has 0 saturated carbocycles. The summed E-state index contributed by atoms with van der Waals surface area (Å²) in [5.74, 6) is 0.00679. The van der Waals surface area contributed by atoms with Gasteiger partial charge in [0.2, 0.25) is 0 Å². The van der Waals surface area contributed by atoms with Gasteiger partial charge in [0.25, 0.3) is 0 Å². The minimum absolute atomic E-state index is 0.354. The zero-order valence-corrected chi connectivity index (χ0v) is 13.3. The number of nitrogens with one attached hydrogen (secondary N) is 1. The van der Waals surface area contributed by atoms with Gasteiger partial charge >= 0.3 is 13.1 Å². The predicted molar refractivity (Wildman–Crippen MR) is 80.8 cm³/mol. The molecule has 7 heteroatoms. The van der Waals surface area contributed by atoms with E-state index in [0.29, 0.717) is 16.8 Å². The Bertz CT molecular complexity index is 544. The van der Waals surface area contributed by atoms with Crippen molar-refractivity contribution in [1.82, 2.24) is 4.98 Å². The Morgan fingerprint density at radius 3 is 2.33 bits per heavy atom. The number of hydrogen-bond donors (Lipinski definition) is 1. The average Bonchev–Trinajstić information content (AvgIpc) is 2.66. The van der Waals surface area contributed by atoms with Gasteiger partial charge in [0.15, 0.2) is 0 Å². The molecule has 0 amide bonds. The summed E-state index contributed by atoms with van der Waals surface area (Å²) in [4.78, 5) is 16.1. The number of methoxy groups -OCH3 is 1. The first kappa shape index (κ1) is 15.8. The third-order valence-electron chi connectivity index (χ3n) is 4.08. The maximum absolute atomic E-state index is 11.8. The van der Waals surface area contributed by atoms with Gasteiger partial charge in [-0.2, -0.15) is 0 Å². The molecule has 0 unspecified atom stereocenters. The molecule has 1 N–H and O–H groups in total. The molecular weight excluding hydrogens is 271 g/mol. The van der Waals surface area contributed by atoms with Crippen LogP contribution in [0.3, 0.4) is 0 Å². The molecule has 1 aromatic rings. The maximum atomic E-state index is 11.8. The molecule has 21 heavy (non-hydrogen) atoms. The number of rotatable bonds is 3. The van der Waals surface area contributed by atoms with Crippen LogP contribution in [0, 0.1) is 0 Å². The molecule has 0 aromatic carbocycles. The lowest BCUT2D eigenvalue weighted by Gasteiger charge is -2.32. The smallest absolute Gasteiger partial charge is 0.465 e. The number of anilines is 1. The highest BCUT2D eigenvalue weighted by molar-refractivity contribution is 6.62. The first-order chi connectivity index (χ1) is 9.71. The van der Waals surface area contributed by atoms with E-state index < -0.39 is 24.3 Å². The van der Waals surface area contributed by atoms with Crippen LogP contribution in [-0.4, -0.2) is 43.4 Å². The molecular formula is C14H21BN2O4. The molecule has 1 saturated heterocycles. The number of aromatic nitrogens is 1. The minimum atomic E-state index is -0.559. The fraction of sp³-hybridized carbons (Fsp3) is 0.571. The lowest BCUT2D eigenvalue weighted by atomic mass is 9.79. The minimum Gasteiger partial charge on any atom is -0.465 e. The highest BCUT2D eigenvalue weighted by Gasteiger charge is 2.52. The first-order valence-electron chi connectivity index (χ1n) is 6.83. The molecule has 0 spiro atoms. The van der Waals surface area contributed by atoms with Crippen molar-refractivity contribution in [2.75, 3.05) is 19.5 Å². The van der Waals surface area contributed by atoms with Crippen LogP contribution in [-0.2, 0) is 14.0 Å². The Hall–Kier alpha value is -1.60. The third-order valence-corrected chi connectivity index (χ3v) is 4.08. The number of carbonyl (C=O) groups is 1. The van der Waals surface area contributed by atoms with Crippen LogP contribution >= 0.6 is 0 Å². The second-order valence-electron chi connectivity index (χ2n) is 5.99. The Balaban J connectivity index is 2.36. The van der Waals surface area contributed by atoms with Crippen molar-refractivity contribution < 1.29 is 18.8 Å². The highest BCUT2D eigenvalue weighted by Crippen LogP contribution is 2.36. The molecule has 2 heterocycles. The second kappa shape index (κ2) is 5.31. The van der Waals surface area contributed by atoms with Gasteiger partial charge in [0, 0.05) is 18.7 Å². The molecule has 114 valence electrons. The van der Waals surface area contributed by atoms with E-state index in [0.717, 1.165) is 0 Å². The predicted octanol–water partition coefficient (Wildman–Crippen LogP) is 1.21. The van der Waals surface area contributed by atoms with E-state index >= 15 is 0 Å². The van der Waals surface area contributed by atoms with E-state index in [1.165, 1.54) is 7.11 Å². The van der Waals surface area contributed by atoms with E-state index in [1.807, 2.05) is 27.7 Å². The monoisotopic (exact) mass is 292 g/mol. The van der Waals surface area contributed by atoms with Crippen molar-refractivity contribution in [2.45, 2.75) is 38.9 Å². The van der Waals surface area contributed by atoms with E-state index in [9.17, 15) is 4.79 Å². The van der Waals surface area contributed by atoms with Crippen molar-refractivity contribution in [3.63, 3.8) is 0 Å². The van der Waals surface area contributed by atoms with E-state index in [1.54, 1.807) is 19.3 Å². The fourth-order valence-electron chi connectivity index (χ4n) is 2.05. The number of hydrogen-bond acceptors (Lipinski definition) is 6. The van der Waals surface area contributed by atoms with Crippen LogP contribution in [0.2, 0.25) is 0 Å².